The van der Waals surface area contributed by atoms with Gasteiger partial charge in [-0.1, -0.05) is 13.8 Å². The Kier molecular flexibility index (Phi) is 3.86. The minimum atomic E-state index is -1.26. The summed E-state index contributed by atoms with van der Waals surface area (Å²) in [6.45, 7) is 3.31. The molecule has 1 aliphatic heterocycles. The number of aliphatic hydroxyl groups excluding tert-OH is 4. The normalized spacial score (nSPS) is 44.4. The van der Waals surface area contributed by atoms with Crippen LogP contribution in [-0.2, 0) is 4.74 Å². The maximum Gasteiger partial charge on any atom is 0.111 e. The van der Waals surface area contributed by atoms with Crippen molar-refractivity contribution in [1.82, 2.24) is 0 Å². The summed E-state index contributed by atoms with van der Waals surface area (Å²) in [5, 5.41) is 37.4. The molecule has 84 valence electrons. The highest BCUT2D eigenvalue weighted by Gasteiger charge is 2.44. The van der Waals surface area contributed by atoms with E-state index >= 15 is 0 Å². The molecule has 0 amide bonds. The Morgan fingerprint density at radius 3 is 2.07 bits per heavy atom. The van der Waals surface area contributed by atoms with E-state index in [9.17, 15) is 15.3 Å². The van der Waals surface area contributed by atoms with Crippen LogP contribution in [0.25, 0.3) is 0 Å². The van der Waals surface area contributed by atoms with Crippen molar-refractivity contribution in [3.63, 3.8) is 0 Å². The minimum absolute atomic E-state index is 0.0150. The van der Waals surface area contributed by atoms with Gasteiger partial charge in [0.2, 0.25) is 0 Å². The Balaban J connectivity index is 2.73. The van der Waals surface area contributed by atoms with Crippen molar-refractivity contribution in [3.8, 4) is 0 Å². The van der Waals surface area contributed by atoms with Gasteiger partial charge in [0.1, 0.15) is 24.4 Å². The molecule has 0 aromatic rings. The number of aliphatic hydroxyl groups is 4. The van der Waals surface area contributed by atoms with E-state index in [1.807, 2.05) is 13.8 Å². The molecule has 0 aromatic carbocycles. The van der Waals surface area contributed by atoms with Gasteiger partial charge in [0.25, 0.3) is 0 Å². The van der Waals surface area contributed by atoms with Gasteiger partial charge >= 0.3 is 0 Å². The molecule has 0 aliphatic carbocycles. The van der Waals surface area contributed by atoms with Gasteiger partial charge in [-0.2, -0.15) is 0 Å². The van der Waals surface area contributed by atoms with Gasteiger partial charge in [0, 0.05) is 0 Å². The first-order valence-electron chi connectivity index (χ1n) is 4.79. The van der Waals surface area contributed by atoms with Crippen LogP contribution in [0.4, 0.5) is 0 Å². The van der Waals surface area contributed by atoms with E-state index < -0.39 is 30.5 Å². The molecular formula is C9H18O5. The first kappa shape index (κ1) is 11.9. The summed E-state index contributed by atoms with van der Waals surface area (Å²) in [6.07, 6.45) is -4.96. The lowest BCUT2D eigenvalue weighted by atomic mass is 9.90. The summed E-state index contributed by atoms with van der Waals surface area (Å²) in [6, 6.07) is 0. The Bertz CT molecular complexity index is 182. The second-order valence-corrected chi connectivity index (χ2v) is 4.04. The lowest BCUT2D eigenvalue weighted by Crippen LogP contribution is -2.59. The summed E-state index contributed by atoms with van der Waals surface area (Å²) in [7, 11) is 0. The van der Waals surface area contributed by atoms with Gasteiger partial charge in [-0.25, -0.2) is 0 Å². The summed E-state index contributed by atoms with van der Waals surface area (Å²) in [5.74, 6) is 0.0150. The van der Waals surface area contributed by atoms with Crippen LogP contribution in [0.5, 0.6) is 0 Å². The van der Waals surface area contributed by atoms with Gasteiger partial charge in [-0.15, -0.1) is 0 Å². The molecule has 0 spiro atoms. The maximum absolute atomic E-state index is 9.57. The first-order chi connectivity index (χ1) is 6.49. The van der Waals surface area contributed by atoms with E-state index in [1.54, 1.807) is 0 Å². The monoisotopic (exact) mass is 206 g/mol. The van der Waals surface area contributed by atoms with Crippen LogP contribution in [0.2, 0.25) is 0 Å². The van der Waals surface area contributed by atoms with Crippen LogP contribution in [0.15, 0.2) is 0 Å². The van der Waals surface area contributed by atoms with Gasteiger partial charge < -0.3 is 25.2 Å². The van der Waals surface area contributed by atoms with Crippen LogP contribution >= 0.6 is 0 Å². The highest BCUT2D eigenvalue weighted by molar-refractivity contribution is 4.92. The lowest BCUT2D eigenvalue weighted by molar-refractivity contribution is -0.238. The zero-order valence-electron chi connectivity index (χ0n) is 8.37. The average molecular weight is 206 g/mol. The van der Waals surface area contributed by atoms with E-state index in [2.05, 4.69) is 0 Å². The van der Waals surface area contributed by atoms with Gasteiger partial charge in [-0.05, 0) is 5.92 Å². The predicted molar refractivity (Wildman–Crippen MR) is 48.6 cm³/mol. The molecule has 0 bridgehead atoms. The van der Waals surface area contributed by atoms with E-state index in [0.29, 0.717) is 0 Å². The lowest BCUT2D eigenvalue weighted by Gasteiger charge is -2.41. The number of hydrogen-bond acceptors (Lipinski definition) is 5. The third kappa shape index (κ3) is 2.07. The molecule has 1 aliphatic rings. The molecule has 5 nitrogen and oxygen atoms in total. The van der Waals surface area contributed by atoms with Gasteiger partial charge in [-0.3, -0.25) is 0 Å². The molecule has 5 atom stereocenters. The Morgan fingerprint density at radius 2 is 1.64 bits per heavy atom. The van der Waals surface area contributed by atoms with Crippen LogP contribution in [0, 0.1) is 5.92 Å². The summed E-state index contributed by atoms with van der Waals surface area (Å²) in [5.41, 5.74) is 0. The molecular weight excluding hydrogens is 188 g/mol. The van der Waals surface area contributed by atoms with E-state index in [4.69, 9.17) is 9.84 Å². The first-order valence-corrected chi connectivity index (χ1v) is 4.79. The van der Waals surface area contributed by atoms with Crippen molar-refractivity contribution in [2.45, 2.75) is 44.4 Å². The van der Waals surface area contributed by atoms with E-state index in [1.165, 1.54) is 0 Å². The molecule has 1 fully saturated rings. The summed E-state index contributed by atoms with van der Waals surface area (Å²) >= 11 is 0. The fourth-order valence-electron chi connectivity index (χ4n) is 1.68. The molecule has 5 heteroatoms. The van der Waals surface area contributed by atoms with Crippen LogP contribution in [0.3, 0.4) is 0 Å². The molecule has 0 unspecified atom stereocenters. The quantitative estimate of drug-likeness (QED) is 0.441. The number of ether oxygens (including phenoxy) is 1. The van der Waals surface area contributed by atoms with Gasteiger partial charge in [0.05, 0.1) is 12.7 Å². The maximum atomic E-state index is 9.57. The summed E-state index contributed by atoms with van der Waals surface area (Å²) in [4.78, 5) is 0. The Labute approximate surface area is 82.9 Å². The fraction of sp³-hybridized carbons (Fsp3) is 1.00. The van der Waals surface area contributed by atoms with Crippen LogP contribution in [0.1, 0.15) is 13.8 Å². The second kappa shape index (κ2) is 4.55. The van der Waals surface area contributed by atoms with Crippen molar-refractivity contribution in [2.75, 3.05) is 6.61 Å². The minimum Gasteiger partial charge on any atom is -0.394 e. The van der Waals surface area contributed by atoms with Crippen molar-refractivity contribution in [3.05, 3.63) is 0 Å². The SMILES string of the molecule is CC(C)[C@H]1O[C@H](CO)[C@@H](O)[C@H](O)[C@@H]1O. The summed E-state index contributed by atoms with van der Waals surface area (Å²) < 4.78 is 5.28. The van der Waals surface area contributed by atoms with Crippen LogP contribution < -0.4 is 0 Å². The van der Waals surface area contributed by atoms with Crippen molar-refractivity contribution in [2.24, 2.45) is 5.92 Å². The molecule has 1 saturated heterocycles. The Morgan fingerprint density at radius 1 is 1.07 bits per heavy atom. The highest BCUT2D eigenvalue weighted by atomic mass is 16.5. The zero-order valence-corrected chi connectivity index (χ0v) is 8.37. The average Bonchev–Trinajstić information content (AvgIpc) is 2.14. The fourth-order valence-corrected chi connectivity index (χ4v) is 1.68. The largest absolute Gasteiger partial charge is 0.394 e. The Hall–Kier alpha value is -0.200. The molecule has 1 rings (SSSR count). The zero-order chi connectivity index (χ0) is 10.9. The molecule has 0 aromatic heterocycles. The predicted octanol–water partition coefficient (Wildman–Crippen LogP) is -1.52. The smallest absolute Gasteiger partial charge is 0.111 e. The van der Waals surface area contributed by atoms with Crippen molar-refractivity contribution < 1.29 is 25.2 Å². The molecule has 0 saturated carbocycles. The standard InChI is InChI=1S/C9H18O5/c1-4(2)9-8(13)7(12)6(11)5(3-10)14-9/h4-13H,3H2,1-2H3/t5-,6-,7+,8+,9-/m1/s1. The molecule has 4 N–H and O–H groups in total. The molecule has 0 radical (unpaired) electrons. The third-order valence-corrected chi connectivity index (χ3v) is 2.59. The van der Waals surface area contributed by atoms with E-state index in [-0.39, 0.29) is 12.5 Å². The van der Waals surface area contributed by atoms with E-state index in [0.717, 1.165) is 0 Å². The van der Waals surface area contributed by atoms with Crippen LogP contribution in [-0.4, -0.2) is 57.6 Å². The van der Waals surface area contributed by atoms with Crippen molar-refractivity contribution >= 4 is 0 Å². The third-order valence-electron chi connectivity index (χ3n) is 2.59. The molecule has 1 heterocycles. The second-order valence-electron chi connectivity index (χ2n) is 4.04. The number of rotatable bonds is 2. The number of hydrogen-bond donors (Lipinski definition) is 4. The molecule has 14 heavy (non-hydrogen) atoms. The highest BCUT2D eigenvalue weighted by Crippen LogP contribution is 2.25. The van der Waals surface area contributed by atoms with Gasteiger partial charge in [0.15, 0.2) is 0 Å². The topological polar surface area (TPSA) is 90.2 Å². The van der Waals surface area contributed by atoms with Crippen molar-refractivity contribution in [1.29, 1.82) is 0 Å².